The highest BCUT2D eigenvalue weighted by Gasteiger charge is 2.14. The van der Waals surface area contributed by atoms with Crippen LogP contribution >= 0.6 is 0 Å². The summed E-state index contributed by atoms with van der Waals surface area (Å²) in [5.74, 6) is 0.206. The summed E-state index contributed by atoms with van der Waals surface area (Å²) in [7, 11) is 1.69. The van der Waals surface area contributed by atoms with Crippen LogP contribution in [-0.4, -0.2) is 19.5 Å². The first kappa shape index (κ1) is 16.6. The van der Waals surface area contributed by atoms with Crippen LogP contribution in [0.4, 0.5) is 10.1 Å². The first-order chi connectivity index (χ1) is 9.58. The maximum Gasteiger partial charge on any atom is 0.226 e. The molecule has 0 aliphatic heterocycles. The Morgan fingerprint density at radius 2 is 2.10 bits per heavy atom. The second kappa shape index (κ2) is 8.69. The number of carbonyl (C=O) groups excluding carboxylic acids is 1. The van der Waals surface area contributed by atoms with Gasteiger partial charge < -0.3 is 10.6 Å². The molecule has 1 atom stereocenters. The number of carbonyl (C=O) groups is 1. The molecule has 112 valence electrons. The van der Waals surface area contributed by atoms with Crippen molar-refractivity contribution in [3.05, 3.63) is 30.1 Å². The monoisotopic (exact) mass is 280 g/mol. The zero-order valence-electron chi connectivity index (χ0n) is 12.4. The van der Waals surface area contributed by atoms with Crippen LogP contribution < -0.4 is 10.6 Å². The molecule has 1 aromatic rings. The van der Waals surface area contributed by atoms with Crippen molar-refractivity contribution in [1.29, 1.82) is 0 Å². The fourth-order valence-corrected chi connectivity index (χ4v) is 2.40. The maximum atomic E-state index is 13.2. The largest absolute Gasteiger partial charge is 0.330 e. The first-order valence-corrected chi connectivity index (χ1v) is 7.30. The number of nitrogens with two attached hydrogens (primary N) is 1. The van der Waals surface area contributed by atoms with Gasteiger partial charge in [-0.2, -0.15) is 0 Å². The summed E-state index contributed by atoms with van der Waals surface area (Å²) in [6.45, 7) is 2.81. The predicted molar refractivity (Wildman–Crippen MR) is 81.1 cm³/mol. The number of anilines is 1. The van der Waals surface area contributed by atoms with Crippen LogP contribution in [0.25, 0.3) is 0 Å². The van der Waals surface area contributed by atoms with E-state index < -0.39 is 0 Å². The zero-order valence-corrected chi connectivity index (χ0v) is 12.4. The molecule has 1 amide bonds. The molecule has 2 N–H and O–H groups in total. The maximum absolute atomic E-state index is 13.2. The standard InChI is InChI=1S/C16H25FN2O/c1-3-5-13(10-11-18)8-9-16(20)19(2)15-7-4-6-14(17)12-15/h4,6-7,12-13H,3,5,8-11,18H2,1-2H3. The van der Waals surface area contributed by atoms with Crippen molar-refractivity contribution in [3.63, 3.8) is 0 Å². The lowest BCUT2D eigenvalue weighted by atomic mass is 9.94. The average molecular weight is 280 g/mol. The molecule has 0 saturated heterocycles. The molecule has 0 heterocycles. The number of halogens is 1. The Labute approximate surface area is 121 Å². The Hall–Kier alpha value is -1.42. The van der Waals surface area contributed by atoms with Crippen molar-refractivity contribution in [2.75, 3.05) is 18.5 Å². The average Bonchev–Trinajstić information content (AvgIpc) is 2.44. The molecule has 0 spiro atoms. The minimum absolute atomic E-state index is 0.0220. The van der Waals surface area contributed by atoms with E-state index in [2.05, 4.69) is 6.92 Å². The highest BCUT2D eigenvalue weighted by atomic mass is 19.1. The highest BCUT2D eigenvalue weighted by molar-refractivity contribution is 5.92. The van der Waals surface area contributed by atoms with Crippen molar-refractivity contribution < 1.29 is 9.18 Å². The molecule has 1 aromatic carbocycles. The van der Waals surface area contributed by atoms with Gasteiger partial charge in [0.25, 0.3) is 0 Å². The second-order valence-corrected chi connectivity index (χ2v) is 5.20. The van der Waals surface area contributed by atoms with E-state index in [0.717, 1.165) is 25.7 Å². The Morgan fingerprint density at radius 1 is 1.35 bits per heavy atom. The van der Waals surface area contributed by atoms with Gasteiger partial charge in [-0.05, 0) is 43.5 Å². The predicted octanol–water partition coefficient (Wildman–Crippen LogP) is 3.33. The molecule has 4 heteroatoms. The number of rotatable bonds is 8. The molecule has 0 saturated carbocycles. The van der Waals surface area contributed by atoms with Gasteiger partial charge in [0.2, 0.25) is 5.91 Å². The molecule has 0 aliphatic rings. The quantitative estimate of drug-likeness (QED) is 0.794. The van der Waals surface area contributed by atoms with Gasteiger partial charge in [0.05, 0.1) is 0 Å². The fraction of sp³-hybridized carbons (Fsp3) is 0.562. The highest BCUT2D eigenvalue weighted by Crippen LogP contribution is 2.20. The Balaban J connectivity index is 2.53. The van der Waals surface area contributed by atoms with Gasteiger partial charge in [-0.15, -0.1) is 0 Å². The van der Waals surface area contributed by atoms with Gasteiger partial charge in [-0.25, -0.2) is 4.39 Å². The molecule has 3 nitrogen and oxygen atoms in total. The molecule has 0 aliphatic carbocycles. The van der Waals surface area contributed by atoms with Crippen LogP contribution in [0.1, 0.15) is 39.0 Å². The van der Waals surface area contributed by atoms with Crippen molar-refractivity contribution >= 4 is 11.6 Å². The van der Waals surface area contributed by atoms with E-state index in [1.165, 1.54) is 17.0 Å². The lowest BCUT2D eigenvalue weighted by molar-refractivity contribution is -0.118. The molecular formula is C16H25FN2O. The summed E-state index contributed by atoms with van der Waals surface area (Å²) < 4.78 is 13.2. The molecule has 0 fully saturated rings. The van der Waals surface area contributed by atoms with E-state index in [1.807, 2.05) is 0 Å². The van der Waals surface area contributed by atoms with Crippen LogP contribution in [0.5, 0.6) is 0 Å². The number of hydrogen-bond donors (Lipinski definition) is 1. The lowest BCUT2D eigenvalue weighted by Gasteiger charge is -2.20. The van der Waals surface area contributed by atoms with Crippen molar-refractivity contribution in [1.82, 2.24) is 0 Å². The number of nitrogens with zero attached hydrogens (tertiary/aromatic N) is 1. The van der Waals surface area contributed by atoms with Gasteiger partial charge in [-0.3, -0.25) is 4.79 Å². The molecule has 0 radical (unpaired) electrons. The molecule has 1 rings (SSSR count). The van der Waals surface area contributed by atoms with E-state index >= 15 is 0 Å². The summed E-state index contributed by atoms with van der Waals surface area (Å²) in [4.78, 5) is 13.7. The third kappa shape index (κ3) is 5.29. The van der Waals surface area contributed by atoms with Gasteiger partial charge in [0.15, 0.2) is 0 Å². The summed E-state index contributed by atoms with van der Waals surface area (Å²) >= 11 is 0. The minimum Gasteiger partial charge on any atom is -0.330 e. The topological polar surface area (TPSA) is 46.3 Å². The van der Waals surface area contributed by atoms with Crippen LogP contribution in [0.15, 0.2) is 24.3 Å². The van der Waals surface area contributed by atoms with Crippen molar-refractivity contribution in [2.24, 2.45) is 11.7 Å². The summed E-state index contributed by atoms with van der Waals surface area (Å²) in [6, 6.07) is 6.11. The van der Waals surface area contributed by atoms with E-state index in [4.69, 9.17) is 5.73 Å². The minimum atomic E-state index is -0.325. The third-order valence-electron chi connectivity index (χ3n) is 3.61. The van der Waals surface area contributed by atoms with E-state index in [-0.39, 0.29) is 11.7 Å². The molecule has 0 aromatic heterocycles. The molecule has 20 heavy (non-hydrogen) atoms. The molecule has 0 bridgehead atoms. The Bertz CT molecular complexity index is 417. The van der Waals surface area contributed by atoms with Crippen LogP contribution in [-0.2, 0) is 4.79 Å². The molecule has 1 unspecified atom stereocenters. The SMILES string of the molecule is CCCC(CCN)CCC(=O)N(C)c1cccc(F)c1. The van der Waals surface area contributed by atoms with Gasteiger partial charge in [0.1, 0.15) is 5.82 Å². The van der Waals surface area contributed by atoms with Gasteiger partial charge in [-0.1, -0.05) is 25.8 Å². The van der Waals surface area contributed by atoms with E-state index in [0.29, 0.717) is 24.6 Å². The third-order valence-corrected chi connectivity index (χ3v) is 3.61. The normalized spacial score (nSPS) is 12.2. The van der Waals surface area contributed by atoms with Crippen LogP contribution in [0.3, 0.4) is 0 Å². The van der Waals surface area contributed by atoms with Gasteiger partial charge in [0, 0.05) is 19.2 Å². The first-order valence-electron chi connectivity index (χ1n) is 7.30. The van der Waals surface area contributed by atoms with Crippen molar-refractivity contribution in [3.8, 4) is 0 Å². The molecular weight excluding hydrogens is 255 g/mol. The summed E-state index contributed by atoms with van der Waals surface area (Å²) in [5, 5.41) is 0. The number of benzene rings is 1. The summed E-state index contributed by atoms with van der Waals surface area (Å²) in [6.07, 6.45) is 4.51. The van der Waals surface area contributed by atoms with Crippen LogP contribution in [0.2, 0.25) is 0 Å². The lowest BCUT2D eigenvalue weighted by Crippen LogP contribution is -2.26. The fourth-order valence-electron chi connectivity index (χ4n) is 2.40. The van der Waals surface area contributed by atoms with E-state index in [1.54, 1.807) is 19.2 Å². The second-order valence-electron chi connectivity index (χ2n) is 5.20. The van der Waals surface area contributed by atoms with Gasteiger partial charge >= 0.3 is 0 Å². The van der Waals surface area contributed by atoms with Crippen LogP contribution in [0, 0.1) is 11.7 Å². The van der Waals surface area contributed by atoms with E-state index in [9.17, 15) is 9.18 Å². The zero-order chi connectivity index (χ0) is 15.0. The smallest absolute Gasteiger partial charge is 0.226 e. The Morgan fingerprint density at radius 3 is 2.70 bits per heavy atom. The number of amides is 1. The summed E-state index contributed by atoms with van der Waals surface area (Å²) in [5.41, 5.74) is 6.19. The number of hydrogen-bond acceptors (Lipinski definition) is 2. The van der Waals surface area contributed by atoms with Crippen molar-refractivity contribution in [2.45, 2.75) is 39.0 Å². The Kier molecular flexibility index (Phi) is 7.23.